The summed E-state index contributed by atoms with van der Waals surface area (Å²) in [5.74, 6) is 0.0849. The van der Waals surface area contributed by atoms with Crippen LogP contribution in [0.3, 0.4) is 0 Å². The van der Waals surface area contributed by atoms with Crippen LogP contribution < -0.4 is 5.46 Å². The number of hydrogen-bond acceptors (Lipinski definition) is 4. The lowest BCUT2D eigenvalue weighted by molar-refractivity contribution is -0.138. The molecule has 232 valence electrons. The lowest BCUT2D eigenvalue weighted by Gasteiger charge is -2.09. The molecule has 4 rings (SSSR count). The predicted octanol–water partition coefficient (Wildman–Crippen LogP) is 7.67. The topological polar surface area (TPSA) is 74.6 Å². The molecule has 0 saturated heterocycles. The molecule has 0 bridgehead atoms. The second-order valence-electron chi connectivity index (χ2n) is 9.51. The molecule has 0 fully saturated rings. The van der Waals surface area contributed by atoms with Crippen molar-refractivity contribution in [3.63, 3.8) is 0 Å². The fourth-order valence-electron chi connectivity index (χ4n) is 3.65. The summed E-state index contributed by atoms with van der Waals surface area (Å²) < 4.78 is 74.0. The van der Waals surface area contributed by atoms with Crippen LogP contribution in [0.1, 0.15) is 62.4 Å². The molecule has 4 nitrogen and oxygen atoms in total. The Balaban J connectivity index is 0.000000244. The molecule has 0 saturated carbocycles. The minimum absolute atomic E-state index is 0.0318. The maximum absolute atomic E-state index is 12.6. The Hall–Kier alpha value is -3.74. The number of carbonyl (C=O) groups is 2. The Kier molecular flexibility index (Phi) is 13.6. The molecule has 0 atom stereocenters. The maximum Gasteiger partial charge on any atom is 0.488 e. The zero-order chi connectivity index (χ0) is 33.1. The highest BCUT2D eigenvalue weighted by atomic mass is 79.9. The molecule has 0 aliphatic heterocycles. The lowest BCUT2D eigenvalue weighted by atomic mass is 9.79. The average Bonchev–Trinajstić information content (AvgIpc) is 2.97. The Morgan fingerprint density at radius 3 is 1.48 bits per heavy atom. The molecule has 12 heteroatoms. The van der Waals surface area contributed by atoms with Crippen LogP contribution in [0, 0.1) is 0 Å². The van der Waals surface area contributed by atoms with Crippen molar-refractivity contribution in [1.82, 2.24) is 0 Å². The van der Waals surface area contributed by atoms with Crippen LogP contribution in [0.4, 0.5) is 26.3 Å². The zero-order valence-electron chi connectivity index (χ0n) is 23.6. The largest absolute Gasteiger partial charge is 0.488 e. The van der Waals surface area contributed by atoms with Gasteiger partial charge >= 0.3 is 19.5 Å². The van der Waals surface area contributed by atoms with E-state index in [1.165, 1.54) is 24.6 Å². The summed E-state index contributed by atoms with van der Waals surface area (Å²) in [6.07, 6.45) is -8.37. The van der Waals surface area contributed by atoms with Gasteiger partial charge in [0.25, 0.3) is 0 Å². The SMILES string of the molecule is CC(=O)c1ccc(CBr)cc1.CC(=O)c1ccc(Cc2cccc(C(F)(F)F)c2)cc1.OB(O)c1cccc(C(F)(F)F)c1. The van der Waals surface area contributed by atoms with Crippen molar-refractivity contribution in [3.8, 4) is 0 Å². The number of Topliss-reactive ketones (excluding diaryl/α,β-unsaturated/α-hetero) is 2. The monoisotopic (exact) mass is 680 g/mol. The minimum atomic E-state index is -4.45. The van der Waals surface area contributed by atoms with Crippen LogP contribution in [0.25, 0.3) is 0 Å². The summed E-state index contributed by atoms with van der Waals surface area (Å²) in [6.45, 7) is 3.05. The van der Waals surface area contributed by atoms with Gasteiger partial charge in [-0.15, -0.1) is 0 Å². The molecule has 0 radical (unpaired) electrons. The van der Waals surface area contributed by atoms with Crippen LogP contribution in [0.5, 0.6) is 0 Å². The van der Waals surface area contributed by atoms with Crippen LogP contribution in [0.2, 0.25) is 0 Å². The first kappa shape index (κ1) is 36.5. The highest BCUT2D eigenvalue weighted by Crippen LogP contribution is 2.30. The fraction of sp³-hybridized carbons (Fsp3) is 0.188. The smallest absolute Gasteiger partial charge is 0.423 e. The van der Waals surface area contributed by atoms with Crippen molar-refractivity contribution in [2.45, 2.75) is 38.0 Å². The molecule has 2 N–H and O–H groups in total. The van der Waals surface area contributed by atoms with Gasteiger partial charge in [-0.2, -0.15) is 26.3 Å². The Morgan fingerprint density at radius 2 is 1.07 bits per heavy atom. The van der Waals surface area contributed by atoms with Gasteiger partial charge in [-0.25, -0.2) is 0 Å². The highest BCUT2D eigenvalue weighted by Gasteiger charge is 2.31. The maximum atomic E-state index is 12.6. The van der Waals surface area contributed by atoms with Crippen molar-refractivity contribution in [1.29, 1.82) is 0 Å². The fourth-order valence-corrected chi connectivity index (χ4v) is 4.03. The van der Waals surface area contributed by atoms with E-state index < -0.39 is 30.6 Å². The summed E-state index contributed by atoms with van der Waals surface area (Å²) in [4.78, 5) is 22.0. The minimum Gasteiger partial charge on any atom is -0.423 e. The summed E-state index contributed by atoms with van der Waals surface area (Å²) >= 11 is 3.33. The molecule has 0 aromatic heterocycles. The molecule has 0 aliphatic rings. The van der Waals surface area contributed by atoms with Gasteiger partial charge in [0, 0.05) is 16.5 Å². The third-order valence-corrected chi connectivity index (χ3v) is 6.70. The van der Waals surface area contributed by atoms with Gasteiger partial charge in [0.05, 0.1) is 11.1 Å². The number of rotatable bonds is 6. The van der Waals surface area contributed by atoms with E-state index in [1.54, 1.807) is 37.3 Å². The molecule has 0 spiro atoms. The third kappa shape index (κ3) is 12.1. The molecule has 44 heavy (non-hydrogen) atoms. The van der Waals surface area contributed by atoms with Crippen LogP contribution in [-0.4, -0.2) is 28.7 Å². The van der Waals surface area contributed by atoms with E-state index in [1.807, 2.05) is 24.3 Å². The quantitative estimate of drug-likeness (QED) is 0.0949. The Labute approximate surface area is 259 Å². The molecule has 0 aliphatic carbocycles. The summed E-state index contributed by atoms with van der Waals surface area (Å²) in [5, 5.41) is 18.0. The number of carbonyl (C=O) groups excluding carboxylic acids is 2. The second kappa shape index (κ2) is 16.4. The van der Waals surface area contributed by atoms with E-state index >= 15 is 0 Å². The molecule has 0 unspecified atom stereocenters. The number of halogens is 7. The summed E-state index contributed by atoms with van der Waals surface area (Å²) in [5.41, 5.74) is 2.32. The van der Waals surface area contributed by atoms with Gasteiger partial charge in [0.15, 0.2) is 11.6 Å². The van der Waals surface area contributed by atoms with Gasteiger partial charge in [-0.05, 0) is 48.5 Å². The second-order valence-corrected chi connectivity index (χ2v) is 10.1. The summed E-state index contributed by atoms with van der Waals surface area (Å²) in [6, 6.07) is 23.7. The highest BCUT2D eigenvalue weighted by molar-refractivity contribution is 9.08. The van der Waals surface area contributed by atoms with Crippen LogP contribution in [-0.2, 0) is 24.1 Å². The predicted molar refractivity (Wildman–Crippen MR) is 161 cm³/mol. The molecule has 0 amide bonds. The van der Waals surface area contributed by atoms with E-state index in [0.717, 1.165) is 40.7 Å². The van der Waals surface area contributed by atoms with Gasteiger partial charge < -0.3 is 10.0 Å². The number of benzene rings is 4. The van der Waals surface area contributed by atoms with Crippen LogP contribution in [0.15, 0.2) is 97.1 Å². The number of hydrogen-bond donors (Lipinski definition) is 2. The molecule has 4 aromatic rings. The first-order valence-electron chi connectivity index (χ1n) is 13.0. The normalized spacial score (nSPS) is 11.0. The first-order chi connectivity index (χ1) is 20.5. The van der Waals surface area contributed by atoms with Crippen molar-refractivity contribution in [2.24, 2.45) is 0 Å². The van der Waals surface area contributed by atoms with E-state index in [2.05, 4.69) is 15.9 Å². The Bertz CT molecular complexity index is 1520. The van der Waals surface area contributed by atoms with E-state index in [0.29, 0.717) is 23.6 Å². The van der Waals surface area contributed by atoms with Crippen molar-refractivity contribution in [2.75, 3.05) is 0 Å². The molecule has 0 heterocycles. The van der Waals surface area contributed by atoms with Gasteiger partial charge in [-0.1, -0.05) is 107 Å². The van der Waals surface area contributed by atoms with Gasteiger partial charge in [0.2, 0.25) is 0 Å². The number of ketones is 2. The number of alkyl halides is 7. The third-order valence-electron chi connectivity index (χ3n) is 6.05. The summed E-state index contributed by atoms with van der Waals surface area (Å²) in [7, 11) is -1.87. The molecular weight excluding hydrogens is 653 g/mol. The van der Waals surface area contributed by atoms with Crippen molar-refractivity contribution >= 4 is 40.1 Å². The van der Waals surface area contributed by atoms with Gasteiger partial charge in [0.1, 0.15) is 0 Å². The molecular formula is C32H28BBrF6O4. The van der Waals surface area contributed by atoms with E-state index in [4.69, 9.17) is 10.0 Å². The molecule has 4 aromatic carbocycles. The lowest BCUT2D eigenvalue weighted by Crippen LogP contribution is -2.30. The first-order valence-corrected chi connectivity index (χ1v) is 14.1. The van der Waals surface area contributed by atoms with Crippen LogP contribution >= 0.6 is 15.9 Å². The van der Waals surface area contributed by atoms with Gasteiger partial charge in [-0.3, -0.25) is 9.59 Å². The standard InChI is InChI=1S/C16H13F3O.C9H9BrO.C7H6BF3O2/c1-11(20)14-7-5-12(6-8-14)9-13-3-2-4-15(10-13)16(17,18)19;1-7(11)9-4-2-8(6-10)3-5-9;9-7(10,11)5-2-1-3-6(4-5)8(12)13/h2-8,10H,9H2,1H3;2-5H,6H2,1H3;1-4,12-13H. The van der Waals surface area contributed by atoms with E-state index in [9.17, 15) is 35.9 Å². The van der Waals surface area contributed by atoms with E-state index in [-0.39, 0.29) is 17.0 Å². The average molecular weight is 681 g/mol. The van der Waals surface area contributed by atoms with Crippen molar-refractivity contribution in [3.05, 3.63) is 136 Å². The Morgan fingerprint density at radius 1 is 0.636 bits per heavy atom. The van der Waals surface area contributed by atoms with Crippen molar-refractivity contribution < 1.29 is 46.0 Å². The zero-order valence-corrected chi connectivity index (χ0v) is 25.2.